The van der Waals surface area contributed by atoms with Crippen LogP contribution < -0.4 is 5.32 Å². The SMILES string of the molecule is CN(C)C(=O)CNC(=O)c1cccc(I)c1. The highest BCUT2D eigenvalue weighted by molar-refractivity contribution is 14.1. The molecule has 86 valence electrons. The number of rotatable bonds is 3. The Hall–Kier alpha value is -1.11. The molecule has 0 unspecified atom stereocenters. The van der Waals surface area contributed by atoms with Crippen LogP contribution in [0.15, 0.2) is 24.3 Å². The van der Waals surface area contributed by atoms with Gasteiger partial charge in [-0.3, -0.25) is 9.59 Å². The van der Waals surface area contributed by atoms with Gasteiger partial charge in [0.05, 0.1) is 6.54 Å². The first-order valence-electron chi connectivity index (χ1n) is 4.74. The van der Waals surface area contributed by atoms with Crippen LogP contribution in [0.5, 0.6) is 0 Å². The summed E-state index contributed by atoms with van der Waals surface area (Å²) in [5.41, 5.74) is 0.568. The molecule has 2 amide bonds. The summed E-state index contributed by atoms with van der Waals surface area (Å²) in [5.74, 6) is -0.354. The van der Waals surface area contributed by atoms with Gasteiger partial charge >= 0.3 is 0 Å². The Morgan fingerprint density at radius 2 is 2.06 bits per heavy atom. The molecule has 0 saturated carbocycles. The molecule has 1 rings (SSSR count). The molecule has 0 fully saturated rings. The van der Waals surface area contributed by atoms with Crippen molar-refractivity contribution in [3.05, 3.63) is 33.4 Å². The third kappa shape index (κ3) is 3.80. The summed E-state index contributed by atoms with van der Waals surface area (Å²) in [6.07, 6.45) is 0. The van der Waals surface area contributed by atoms with E-state index in [-0.39, 0.29) is 18.4 Å². The molecule has 0 spiro atoms. The van der Waals surface area contributed by atoms with Gasteiger partial charge in [0.1, 0.15) is 0 Å². The van der Waals surface area contributed by atoms with Crippen molar-refractivity contribution in [3.63, 3.8) is 0 Å². The highest BCUT2D eigenvalue weighted by Gasteiger charge is 2.08. The molecule has 0 aliphatic rings. The van der Waals surface area contributed by atoms with Gasteiger partial charge in [-0.1, -0.05) is 6.07 Å². The highest BCUT2D eigenvalue weighted by Crippen LogP contribution is 2.07. The molecule has 16 heavy (non-hydrogen) atoms. The molecule has 1 N–H and O–H groups in total. The maximum atomic E-state index is 11.6. The lowest BCUT2D eigenvalue weighted by atomic mass is 10.2. The predicted molar refractivity (Wildman–Crippen MR) is 70.2 cm³/mol. The second kappa shape index (κ2) is 5.83. The normalized spacial score (nSPS) is 9.69. The van der Waals surface area contributed by atoms with E-state index in [2.05, 4.69) is 27.9 Å². The van der Waals surface area contributed by atoms with Gasteiger partial charge in [-0.2, -0.15) is 0 Å². The first-order chi connectivity index (χ1) is 7.50. The van der Waals surface area contributed by atoms with E-state index in [1.807, 2.05) is 12.1 Å². The van der Waals surface area contributed by atoms with Crippen LogP contribution in [-0.4, -0.2) is 37.4 Å². The molecule has 1 aromatic carbocycles. The lowest BCUT2D eigenvalue weighted by Gasteiger charge is -2.10. The summed E-state index contributed by atoms with van der Waals surface area (Å²) in [4.78, 5) is 24.3. The maximum Gasteiger partial charge on any atom is 0.251 e. The first kappa shape index (κ1) is 13.0. The van der Waals surface area contributed by atoms with Gasteiger partial charge in [-0.15, -0.1) is 0 Å². The summed E-state index contributed by atoms with van der Waals surface area (Å²) < 4.78 is 0.990. The molecule has 0 aliphatic heterocycles. The summed E-state index contributed by atoms with van der Waals surface area (Å²) in [5, 5.41) is 2.57. The third-order valence-corrected chi connectivity index (χ3v) is 2.66. The molecular weight excluding hydrogens is 319 g/mol. The average Bonchev–Trinajstić information content (AvgIpc) is 2.25. The van der Waals surface area contributed by atoms with Crippen molar-refractivity contribution in [2.75, 3.05) is 20.6 Å². The highest BCUT2D eigenvalue weighted by atomic mass is 127. The van der Waals surface area contributed by atoms with Crippen LogP contribution in [0, 0.1) is 3.57 Å². The zero-order valence-electron chi connectivity index (χ0n) is 9.16. The van der Waals surface area contributed by atoms with E-state index in [1.54, 1.807) is 26.2 Å². The standard InChI is InChI=1S/C11H13IN2O2/c1-14(2)10(15)7-13-11(16)8-4-3-5-9(12)6-8/h3-6H,7H2,1-2H3,(H,13,16). The van der Waals surface area contributed by atoms with E-state index in [9.17, 15) is 9.59 Å². The fourth-order valence-corrected chi connectivity index (χ4v) is 1.59. The number of amides is 2. The van der Waals surface area contributed by atoms with Crippen LogP contribution in [0.2, 0.25) is 0 Å². The van der Waals surface area contributed by atoms with E-state index in [4.69, 9.17) is 0 Å². The van der Waals surface area contributed by atoms with Gasteiger partial charge in [0.2, 0.25) is 5.91 Å². The Balaban J connectivity index is 2.57. The van der Waals surface area contributed by atoms with Crippen LogP contribution in [0.25, 0.3) is 0 Å². The average molecular weight is 332 g/mol. The lowest BCUT2D eigenvalue weighted by molar-refractivity contribution is -0.127. The quantitative estimate of drug-likeness (QED) is 0.843. The lowest BCUT2D eigenvalue weighted by Crippen LogP contribution is -2.36. The number of carbonyl (C=O) groups excluding carboxylic acids is 2. The van der Waals surface area contributed by atoms with Crippen molar-refractivity contribution in [2.24, 2.45) is 0 Å². The zero-order chi connectivity index (χ0) is 12.1. The van der Waals surface area contributed by atoms with Gasteiger partial charge in [0.15, 0.2) is 0 Å². The Morgan fingerprint density at radius 1 is 1.38 bits per heavy atom. The summed E-state index contributed by atoms with van der Waals surface area (Å²) >= 11 is 2.14. The van der Waals surface area contributed by atoms with Crippen LogP contribution in [0.4, 0.5) is 0 Å². The number of nitrogens with one attached hydrogen (secondary N) is 1. The van der Waals surface area contributed by atoms with E-state index in [0.29, 0.717) is 5.56 Å². The monoisotopic (exact) mass is 332 g/mol. The number of likely N-dealkylation sites (N-methyl/N-ethyl adjacent to an activating group) is 1. The smallest absolute Gasteiger partial charge is 0.251 e. The molecule has 4 nitrogen and oxygen atoms in total. The predicted octanol–water partition coefficient (Wildman–Crippen LogP) is 1.11. The topological polar surface area (TPSA) is 49.4 Å². The van der Waals surface area contributed by atoms with Gasteiger partial charge in [-0.05, 0) is 40.8 Å². The summed E-state index contributed by atoms with van der Waals surface area (Å²) in [6.45, 7) is 0.0251. The van der Waals surface area contributed by atoms with Crippen LogP contribution in [0.1, 0.15) is 10.4 Å². The number of benzene rings is 1. The van der Waals surface area contributed by atoms with E-state index >= 15 is 0 Å². The third-order valence-electron chi connectivity index (χ3n) is 1.99. The van der Waals surface area contributed by atoms with E-state index in [1.165, 1.54) is 4.90 Å². The Morgan fingerprint density at radius 3 is 2.62 bits per heavy atom. The largest absolute Gasteiger partial charge is 0.347 e. The molecule has 1 aromatic rings. The molecule has 0 atom stereocenters. The Labute approximate surface area is 108 Å². The molecular formula is C11H13IN2O2. The van der Waals surface area contributed by atoms with Crippen molar-refractivity contribution in [2.45, 2.75) is 0 Å². The number of nitrogens with zero attached hydrogens (tertiary/aromatic N) is 1. The molecule has 0 aromatic heterocycles. The van der Waals surface area contributed by atoms with Crippen LogP contribution >= 0.6 is 22.6 Å². The fraction of sp³-hybridized carbons (Fsp3) is 0.273. The zero-order valence-corrected chi connectivity index (χ0v) is 11.3. The minimum absolute atomic E-state index is 0.0251. The van der Waals surface area contributed by atoms with Crippen molar-refractivity contribution in [1.82, 2.24) is 10.2 Å². The second-order valence-electron chi connectivity index (χ2n) is 3.48. The van der Waals surface area contributed by atoms with Crippen molar-refractivity contribution in [1.29, 1.82) is 0 Å². The molecule has 0 aliphatic carbocycles. The van der Waals surface area contributed by atoms with Crippen molar-refractivity contribution < 1.29 is 9.59 Å². The van der Waals surface area contributed by atoms with Gasteiger partial charge in [-0.25, -0.2) is 0 Å². The summed E-state index contributed by atoms with van der Waals surface area (Å²) in [6, 6.07) is 7.21. The number of halogens is 1. The summed E-state index contributed by atoms with van der Waals surface area (Å²) in [7, 11) is 3.31. The Bertz CT molecular complexity index is 405. The fourth-order valence-electron chi connectivity index (χ4n) is 1.05. The van der Waals surface area contributed by atoms with Gasteiger partial charge in [0, 0.05) is 23.2 Å². The minimum atomic E-state index is -0.228. The number of hydrogen-bond donors (Lipinski definition) is 1. The number of carbonyl (C=O) groups is 2. The molecule has 5 heteroatoms. The van der Waals surface area contributed by atoms with Crippen LogP contribution in [0.3, 0.4) is 0 Å². The molecule has 0 heterocycles. The molecule has 0 bridgehead atoms. The van der Waals surface area contributed by atoms with Gasteiger partial charge in [0.25, 0.3) is 5.91 Å². The van der Waals surface area contributed by atoms with Crippen molar-refractivity contribution in [3.8, 4) is 0 Å². The maximum absolute atomic E-state index is 11.6. The Kier molecular flexibility index (Phi) is 4.72. The first-order valence-corrected chi connectivity index (χ1v) is 5.82. The van der Waals surface area contributed by atoms with Crippen molar-refractivity contribution >= 4 is 34.4 Å². The molecule has 0 saturated heterocycles. The van der Waals surface area contributed by atoms with E-state index < -0.39 is 0 Å². The van der Waals surface area contributed by atoms with E-state index in [0.717, 1.165) is 3.57 Å². The van der Waals surface area contributed by atoms with Gasteiger partial charge < -0.3 is 10.2 Å². The van der Waals surface area contributed by atoms with Crippen LogP contribution in [-0.2, 0) is 4.79 Å². The molecule has 0 radical (unpaired) electrons. The second-order valence-corrected chi connectivity index (χ2v) is 4.73. The minimum Gasteiger partial charge on any atom is -0.347 e. The number of hydrogen-bond acceptors (Lipinski definition) is 2.